The van der Waals surface area contributed by atoms with E-state index in [4.69, 9.17) is 32.8 Å². The summed E-state index contributed by atoms with van der Waals surface area (Å²) < 4.78 is 5.51. The first kappa shape index (κ1) is 24.0. The molecule has 0 bridgehead atoms. The van der Waals surface area contributed by atoms with Gasteiger partial charge in [-0.2, -0.15) is 0 Å². The van der Waals surface area contributed by atoms with E-state index in [1.165, 1.54) is 5.06 Å². The fourth-order valence-corrected chi connectivity index (χ4v) is 4.74. The second-order valence-corrected chi connectivity index (χ2v) is 9.40. The minimum atomic E-state index is -0.950. The summed E-state index contributed by atoms with van der Waals surface area (Å²) >= 11 is 12.1. The molecule has 0 saturated carbocycles. The van der Waals surface area contributed by atoms with E-state index in [9.17, 15) is 14.4 Å². The van der Waals surface area contributed by atoms with Gasteiger partial charge >= 0.3 is 11.9 Å². The minimum absolute atomic E-state index is 0.0124. The minimum Gasteiger partial charge on any atom is -0.440 e. The van der Waals surface area contributed by atoms with Crippen molar-refractivity contribution in [2.75, 3.05) is 19.6 Å². The number of halogens is 2. The van der Waals surface area contributed by atoms with Crippen LogP contribution in [-0.2, 0) is 30.4 Å². The lowest BCUT2D eigenvalue weighted by molar-refractivity contribution is -0.248. The monoisotopic (exact) mass is 492 g/mol. The molecule has 4 rings (SSSR count). The van der Waals surface area contributed by atoms with Crippen molar-refractivity contribution in [1.82, 2.24) is 9.96 Å². The van der Waals surface area contributed by atoms with Crippen LogP contribution in [0.2, 0.25) is 10.0 Å². The smallest absolute Gasteiger partial charge is 0.355 e. The summed E-state index contributed by atoms with van der Waals surface area (Å²) in [6, 6.07) is 4.03. The molecule has 0 aliphatic carbocycles. The second-order valence-electron chi connectivity index (χ2n) is 8.59. The maximum Gasteiger partial charge on any atom is 0.355 e. The molecule has 0 aromatic heterocycles. The van der Waals surface area contributed by atoms with Gasteiger partial charge in [0.25, 0.3) is 0 Å². The molecule has 33 heavy (non-hydrogen) atoms. The number of hydrogen-bond acceptors (Lipinski definition) is 7. The van der Waals surface area contributed by atoms with Crippen molar-refractivity contribution in [3.05, 3.63) is 57.6 Å². The van der Waals surface area contributed by atoms with E-state index in [-0.39, 0.29) is 17.8 Å². The highest BCUT2D eigenvalue weighted by Crippen LogP contribution is 2.28. The largest absolute Gasteiger partial charge is 0.440 e. The predicted molar refractivity (Wildman–Crippen MR) is 124 cm³/mol. The topological polar surface area (TPSA) is 76.2 Å². The Morgan fingerprint density at radius 3 is 2.61 bits per heavy atom. The molecule has 2 atom stereocenters. The third-order valence-corrected chi connectivity index (χ3v) is 6.93. The molecule has 3 heterocycles. The zero-order valence-electron chi connectivity index (χ0n) is 18.2. The quantitative estimate of drug-likeness (QED) is 0.455. The summed E-state index contributed by atoms with van der Waals surface area (Å²) in [7, 11) is 0. The fraction of sp³-hybridized carbons (Fsp3) is 0.458. The molecule has 7 nitrogen and oxygen atoms in total. The summed E-state index contributed by atoms with van der Waals surface area (Å²) in [6.07, 6.45) is 4.25. The average molecular weight is 493 g/mol. The Hall–Kier alpha value is -2.19. The maximum absolute atomic E-state index is 13.6. The zero-order chi connectivity index (χ0) is 23.5. The van der Waals surface area contributed by atoms with Crippen molar-refractivity contribution >= 4 is 40.9 Å². The number of hydroxylamine groups is 2. The van der Waals surface area contributed by atoms with Gasteiger partial charge in [0.05, 0.1) is 15.6 Å². The van der Waals surface area contributed by atoms with Crippen LogP contribution in [0.3, 0.4) is 0 Å². The van der Waals surface area contributed by atoms with Crippen molar-refractivity contribution in [3.8, 4) is 0 Å². The SMILES string of the molecule is C=C1CCN(C(C(=O)Cc2ccc(Cl)c(Cl)c2)/C2=C/C(=O)OC3CCCCN3OC2=O)CC1. The van der Waals surface area contributed by atoms with Crippen LogP contribution in [0.25, 0.3) is 0 Å². The predicted octanol–water partition coefficient (Wildman–Crippen LogP) is 3.88. The Kier molecular flexibility index (Phi) is 7.54. The molecule has 2 fully saturated rings. The highest BCUT2D eigenvalue weighted by molar-refractivity contribution is 6.42. The van der Waals surface area contributed by atoms with Gasteiger partial charge in [0.1, 0.15) is 6.04 Å². The molecule has 0 radical (unpaired) electrons. The first-order valence-electron chi connectivity index (χ1n) is 11.1. The van der Waals surface area contributed by atoms with E-state index in [0.29, 0.717) is 54.5 Å². The molecular formula is C24H26Cl2N2O5. The molecule has 1 aromatic rings. The maximum atomic E-state index is 13.6. The number of ether oxygens (including phenoxy) is 1. The van der Waals surface area contributed by atoms with Crippen molar-refractivity contribution in [1.29, 1.82) is 0 Å². The van der Waals surface area contributed by atoms with E-state index < -0.39 is 24.2 Å². The standard InChI is InChI=1S/C24H26Cl2N2O5/c1-15-7-10-27(11-8-15)23(20(29)13-16-5-6-18(25)19(26)12-16)17-14-22(30)32-21-4-2-3-9-28(21)33-24(17)31/h5-6,12,14,21,23H,1-4,7-11,13H2/b17-14-. The number of nitrogens with zero attached hydrogens (tertiary/aromatic N) is 2. The number of piperidine rings is 2. The van der Waals surface area contributed by atoms with Crippen molar-refractivity contribution in [2.45, 2.75) is 50.8 Å². The van der Waals surface area contributed by atoms with Gasteiger partial charge in [-0.05, 0) is 43.4 Å². The molecule has 2 saturated heterocycles. The zero-order valence-corrected chi connectivity index (χ0v) is 19.7. The van der Waals surface area contributed by atoms with Gasteiger partial charge in [-0.15, -0.1) is 0 Å². The van der Waals surface area contributed by atoms with Crippen LogP contribution in [0, 0.1) is 0 Å². The number of Topliss-reactive ketones (excluding diaryl/α,β-unsaturated/α-hetero) is 1. The molecule has 0 spiro atoms. The Balaban J connectivity index is 1.65. The average Bonchev–Trinajstić information content (AvgIpc) is 2.77. The summed E-state index contributed by atoms with van der Waals surface area (Å²) in [5, 5.41) is 2.15. The van der Waals surface area contributed by atoms with Gasteiger partial charge in [0.15, 0.2) is 12.0 Å². The normalized spacial score (nSPS) is 25.1. The number of carbonyl (C=O) groups is 3. The van der Waals surface area contributed by atoms with Crippen molar-refractivity contribution in [3.63, 3.8) is 0 Å². The van der Waals surface area contributed by atoms with Gasteiger partial charge in [0.2, 0.25) is 0 Å². The Labute approximate surface area is 202 Å². The highest BCUT2D eigenvalue weighted by atomic mass is 35.5. The van der Waals surface area contributed by atoms with Gasteiger partial charge < -0.3 is 9.57 Å². The molecule has 2 unspecified atom stereocenters. The van der Waals surface area contributed by atoms with E-state index in [1.54, 1.807) is 18.2 Å². The molecular weight excluding hydrogens is 467 g/mol. The van der Waals surface area contributed by atoms with Crippen LogP contribution >= 0.6 is 23.2 Å². The third kappa shape index (κ3) is 5.66. The number of hydrogen-bond donors (Lipinski definition) is 0. The number of ketones is 1. The van der Waals surface area contributed by atoms with E-state index >= 15 is 0 Å². The fourth-order valence-electron chi connectivity index (χ4n) is 4.42. The third-order valence-electron chi connectivity index (χ3n) is 6.19. The van der Waals surface area contributed by atoms with E-state index in [0.717, 1.165) is 24.5 Å². The van der Waals surface area contributed by atoms with Gasteiger partial charge in [0, 0.05) is 38.6 Å². The lowest BCUT2D eigenvalue weighted by Gasteiger charge is -2.38. The van der Waals surface area contributed by atoms with Crippen molar-refractivity contribution in [2.24, 2.45) is 0 Å². The first-order valence-corrected chi connectivity index (χ1v) is 11.9. The molecule has 176 valence electrons. The Morgan fingerprint density at radius 2 is 1.88 bits per heavy atom. The van der Waals surface area contributed by atoms with Crippen LogP contribution in [0.15, 0.2) is 42.0 Å². The Bertz CT molecular complexity index is 999. The number of esters is 1. The highest BCUT2D eigenvalue weighted by Gasteiger charge is 2.39. The summed E-state index contributed by atoms with van der Waals surface area (Å²) in [5.74, 6) is -1.59. The molecule has 1 aromatic carbocycles. The number of fused-ring (bicyclic) bond motifs is 1. The number of likely N-dealkylation sites (tertiary alicyclic amines) is 1. The van der Waals surface area contributed by atoms with E-state index in [2.05, 4.69) is 6.58 Å². The summed E-state index contributed by atoms with van der Waals surface area (Å²) in [5.41, 5.74) is 1.74. The molecule has 3 aliphatic rings. The first-order chi connectivity index (χ1) is 15.8. The molecule has 9 heteroatoms. The number of carbonyl (C=O) groups excluding carboxylic acids is 3. The van der Waals surface area contributed by atoms with Gasteiger partial charge in [-0.25, -0.2) is 9.59 Å². The van der Waals surface area contributed by atoms with Gasteiger partial charge in [-0.3, -0.25) is 9.69 Å². The van der Waals surface area contributed by atoms with Crippen LogP contribution in [0.1, 0.15) is 37.7 Å². The Morgan fingerprint density at radius 1 is 1.12 bits per heavy atom. The lowest BCUT2D eigenvalue weighted by atomic mass is 9.93. The van der Waals surface area contributed by atoms with Crippen LogP contribution in [0.5, 0.6) is 0 Å². The molecule has 0 amide bonds. The second kappa shape index (κ2) is 10.4. The van der Waals surface area contributed by atoms with Crippen LogP contribution < -0.4 is 0 Å². The number of rotatable bonds is 5. The summed E-state index contributed by atoms with van der Waals surface area (Å²) in [6.45, 7) is 5.59. The number of benzene rings is 1. The van der Waals surface area contributed by atoms with Crippen LogP contribution in [-0.4, -0.2) is 59.6 Å². The lowest BCUT2D eigenvalue weighted by Crippen LogP contribution is -2.51. The van der Waals surface area contributed by atoms with E-state index in [1.807, 2.05) is 4.90 Å². The van der Waals surface area contributed by atoms with Crippen LogP contribution in [0.4, 0.5) is 0 Å². The van der Waals surface area contributed by atoms with Crippen molar-refractivity contribution < 1.29 is 24.0 Å². The molecule has 0 N–H and O–H groups in total. The van der Waals surface area contributed by atoms with Gasteiger partial charge in [-0.1, -0.05) is 46.5 Å². The summed E-state index contributed by atoms with van der Waals surface area (Å²) in [4.78, 5) is 46.9. The molecule has 3 aliphatic heterocycles.